The Morgan fingerprint density at radius 3 is 2.45 bits per heavy atom. The van der Waals surface area contributed by atoms with Gasteiger partial charge in [0, 0.05) is 0 Å². The van der Waals surface area contributed by atoms with E-state index in [4.69, 9.17) is 4.74 Å². The molecular formula is C17H28O2Se. The van der Waals surface area contributed by atoms with Gasteiger partial charge in [-0.3, -0.25) is 0 Å². The summed E-state index contributed by atoms with van der Waals surface area (Å²) in [5, 5.41) is 0. The third-order valence-corrected chi connectivity index (χ3v) is 10.4. The summed E-state index contributed by atoms with van der Waals surface area (Å²) in [6, 6.07) is 0. The first kappa shape index (κ1) is 15.1. The minimum absolute atomic E-state index is 0.0404. The zero-order valence-corrected chi connectivity index (χ0v) is 15.0. The summed E-state index contributed by atoms with van der Waals surface area (Å²) >= 11 is 0.429. The van der Waals surface area contributed by atoms with Gasteiger partial charge in [-0.2, -0.15) is 0 Å². The number of carbonyl (C=O) groups is 1. The molecule has 2 bridgehead atoms. The van der Waals surface area contributed by atoms with Gasteiger partial charge in [0.2, 0.25) is 0 Å². The summed E-state index contributed by atoms with van der Waals surface area (Å²) in [7, 11) is 1.85. The summed E-state index contributed by atoms with van der Waals surface area (Å²) in [6.45, 7) is 6.92. The number of ketones is 1. The van der Waals surface area contributed by atoms with Gasteiger partial charge in [0.05, 0.1) is 0 Å². The van der Waals surface area contributed by atoms with Gasteiger partial charge in [-0.1, -0.05) is 0 Å². The Balaban J connectivity index is 1.77. The van der Waals surface area contributed by atoms with Crippen LogP contribution in [0.15, 0.2) is 0 Å². The number of methoxy groups -OCH3 is 1. The molecule has 0 aromatic carbocycles. The molecule has 114 valence electrons. The molecule has 0 heterocycles. The number of hydrogen-bond acceptors (Lipinski definition) is 2. The Bertz CT molecular complexity index is 406. The van der Waals surface area contributed by atoms with Crippen molar-refractivity contribution in [3.05, 3.63) is 0 Å². The Morgan fingerprint density at radius 1 is 1.15 bits per heavy atom. The van der Waals surface area contributed by atoms with Crippen molar-refractivity contribution < 1.29 is 9.53 Å². The second kappa shape index (κ2) is 5.11. The van der Waals surface area contributed by atoms with E-state index in [1.54, 1.807) is 0 Å². The van der Waals surface area contributed by atoms with E-state index >= 15 is 0 Å². The second-order valence-corrected chi connectivity index (χ2v) is 10.6. The summed E-state index contributed by atoms with van der Waals surface area (Å²) in [6.07, 6.45) is 7.93. The van der Waals surface area contributed by atoms with Gasteiger partial charge < -0.3 is 0 Å². The normalized spacial score (nSPS) is 46.9. The Hall–Kier alpha value is 0.149. The molecule has 5 atom stereocenters. The number of Topliss-reactive ketones (excluding diaryl/α,β-unsaturated/α-hetero) is 1. The van der Waals surface area contributed by atoms with E-state index in [9.17, 15) is 4.79 Å². The molecule has 3 rings (SSSR count). The summed E-state index contributed by atoms with van der Waals surface area (Å²) in [5.74, 6) is 1.23. The molecule has 0 aromatic heterocycles. The summed E-state index contributed by atoms with van der Waals surface area (Å²) in [5.41, 5.74) is 0.176. The monoisotopic (exact) mass is 344 g/mol. The number of carbonyl (C=O) groups excluding carboxylic acids is 1. The molecule has 20 heavy (non-hydrogen) atoms. The van der Waals surface area contributed by atoms with Crippen molar-refractivity contribution in [3.8, 4) is 0 Å². The van der Waals surface area contributed by atoms with E-state index in [1.165, 1.54) is 32.1 Å². The predicted molar refractivity (Wildman–Crippen MR) is 82.1 cm³/mol. The summed E-state index contributed by atoms with van der Waals surface area (Å²) < 4.78 is 5.71. The Kier molecular flexibility index (Phi) is 3.84. The van der Waals surface area contributed by atoms with Crippen LogP contribution in [0.5, 0.6) is 0 Å². The molecular weight excluding hydrogens is 315 g/mol. The van der Waals surface area contributed by atoms with Crippen molar-refractivity contribution in [2.24, 2.45) is 16.7 Å². The zero-order valence-electron chi connectivity index (χ0n) is 13.3. The van der Waals surface area contributed by atoms with E-state index < -0.39 is 0 Å². The van der Waals surface area contributed by atoms with Crippen LogP contribution in [-0.4, -0.2) is 34.0 Å². The van der Waals surface area contributed by atoms with E-state index in [0.29, 0.717) is 42.4 Å². The first-order chi connectivity index (χ1) is 9.41. The van der Waals surface area contributed by atoms with E-state index in [1.807, 2.05) is 7.11 Å². The van der Waals surface area contributed by atoms with Crippen LogP contribution in [-0.2, 0) is 9.53 Å². The Morgan fingerprint density at radius 2 is 1.85 bits per heavy atom. The standard InChI is InChI=1S/C17H28O2Se/c1-16(2)11-9-10-17(16,3)15(18)14(11)20-13-8-6-5-7-12(13)19-4/h11-14H,5-10H2,1-4H3/t11-,12?,13?,14+,17+/m1/s1. The first-order valence-electron chi connectivity index (χ1n) is 8.14. The number of fused-ring (bicyclic) bond motifs is 2. The van der Waals surface area contributed by atoms with Crippen LogP contribution in [0.1, 0.15) is 59.3 Å². The van der Waals surface area contributed by atoms with Crippen molar-refractivity contribution in [2.45, 2.75) is 75.0 Å². The average Bonchev–Trinajstić information content (AvgIpc) is 2.74. The van der Waals surface area contributed by atoms with Gasteiger partial charge >= 0.3 is 129 Å². The quantitative estimate of drug-likeness (QED) is 0.727. The van der Waals surface area contributed by atoms with Crippen LogP contribution < -0.4 is 0 Å². The molecule has 0 N–H and O–H groups in total. The molecule has 3 heteroatoms. The van der Waals surface area contributed by atoms with Crippen LogP contribution in [0.25, 0.3) is 0 Å². The van der Waals surface area contributed by atoms with Crippen LogP contribution in [0.4, 0.5) is 0 Å². The van der Waals surface area contributed by atoms with Crippen molar-refractivity contribution in [2.75, 3.05) is 7.11 Å². The molecule has 2 unspecified atom stereocenters. The second-order valence-electron chi connectivity index (χ2n) is 7.72. The fourth-order valence-electron chi connectivity index (χ4n) is 4.84. The third kappa shape index (κ3) is 1.96. The molecule has 3 aliphatic rings. The molecule has 0 aromatic rings. The number of hydrogen-bond donors (Lipinski definition) is 0. The van der Waals surface area contributed by atoms with Crippen molar-refractivity contribution in [3.63, 3.8) is 0 Å². The van der Waals surface area contributed by atoms with Crippen LogP contribution in [0, 0.1) is 16.7 Å². The van der Waals surface area contributed by atoms with Crippen molar-refractivity contribution >= 4 is 20.7 Å². The predicted octanol–water partition coefficient (Wildman–Crippen LogP) is 3.88. The number of rotatable bonds is 3. The summed E-state index contributed by atoms with van der Waals surface area (Å²) in [4.78, 5) is 14.0. The van der Waals surface area contributed by atoms with Gasteiger partial charge in [0.25, 0.3) is 0 Å². The van der Waals surface area contributed by atoms with Crippen LogP contribution in [0.2, 0.25) is 9.63 Å². The molecule has 0 aliphatic heterocycles. The SMILES string of the molecule is COC1CCCCC1[Se][C@@H]1C(=O)[C@]2(C)CC[C@H]1C2(C)C. The van der Waals surface area contributed by atoms with Gasteiger partial charge in [0.1, 0.15) is 0 Å². The molecule has 0 saturated heterocycles. The first-order valence-corrected chi connectivity index (χ1v) is 10.1. The fraction of sp³-hybridized carbons (Fsp3) is 0.941. The topological polar surface area (TPSA) is 26.3 Å². The van der Waals surface area contributed by atoms with E-state index in [0.717, 1.165) is 6.42 Å². The van der Waals surface area contributed by atoms with Crippen LogP contribution in [0.3, 0.4) is 0 Å². The van der Waals surface area contributed by atoms with Gasteiger partial charge in [0.15, 0.2) is 0 Å². The Labute approximate surface area is 129 Å². The van der Waals surface area contributed by atoms with Crippen LogP contribution >= 0.6 is 0 Å². The maximum atomic E-state index is 12.9. The maximum absolute atomic E-state index is 12.9. The minimum atomic E-state index is -0.0404. The van der Waals surface area contributed by atoms with E-state index in [-0.39, 0.29) is 10.8 Å². The molecule has 2 nitrogen and oxygen atoms in total. The van der Waals surface area contributed by atoms with Gasteiger partial charge in [-0.25, -0.2) is 0 Å². The van der Waals surface area contributed by atoms with E-state index in [2.05, 4.69) is 20.8 Å². The molecule has 0 radical (unpaired) electrons. The molecule has 3 saturated carbocycles. The zero-order chi connectivity index (χ0) is 14.5. The molecule has 3 aliphatic carbocycles. The fourth-order valence-corrected chi connectivity index (χ4v) is 9.35. The third-order valence-electron chi connectivity index (χ3n) is 6.74. The van der Waals surface area contributed by atoms with Gasteiger partial charge in [-0.15, -0.1) is 0 Å². The molecule has 3 fully saturated rings. The van der Waals surface area contributed by atoms with Gasteiger partial charge in [-0.05, 0) is 0 Å². The molecule has 0 spiro atoms. The molecule has 0 amide bonds. The average molecular weight is 343 g/mol. The number of ether oxygens (including phenoxy) is 1. The van der Waals surface area contributed by atoms with Crippen molar-refractivity contribution in [1.82, 2.24) is 0 Å². The van der Waals surface area contributed by atoms with Crippen molar-refractivity contribution in [1.29, 1.82) is 0 Å².